The van der Waals surface area contributed by atoms with Crippen LogP contribution in [-0.4, -0.2) is 24.6 Å². The van der Waals surface area contributed by atoms with E-state index in [4.69, 9.17) is 0 Å². The first-order chi connectivity index (χ1) is 9.06. The normalized spacial score (nSPS) is 10.3. The Bertz CT molecular complexity index is 555. The molecule has 0 radical (unpaired) electrons. The lowest BCUT2D eigenvalue weighted by atomic mass is 10.2. The van der Waals surface area contributed by atoms with Gasteiger partial charge in [0.25, 0.3) is 5.91 Å². The van der Waals surface area contributed by atoms with Crippen LogP contribution in [0.5, 0.6) is 0 Å². The van der Waals surface area contributed by atoms with Gasteiger partial charge in [-0.3, -0.25) is 4.79 Å². The molecule has 4 heteroatoms. The molecule has 0 spiro atoms. The van der Waals surface area contributed by atoms with Gasteiger partial charge < -0.3 is 14.8 Å². The first kappa shape index (κ1) is 13.2. The summed E-state index contributed by atoms with van der Waals surface area (Å²) < 4.78 is 1.97. The van der Waals surface area contributed by atoms with Crippen LogP contribution in [0.15, 0.2) is 42.7 Å². The van der Waals surface area contributed by atoms with E-state index in [1.54, 1.807) is 0 Å². The Labute approximate surface area is 113 Å². The Kier molecular flexibility index (Phi) is 3.90. The second-order valence-electron chi connectivity index (χ2n) is 4.81. The van der Waals surface area contributed by atoms with E-state index in [1.165, 1.54) is 0 Å². The van der Waals surface area contributed by atoms with Crippen LogP contribution in [0.2, 0.25) is 0 Å². The van der Waals surface area contributed by atoms with E-state index in [9.17, 15) is 4.79 Å². The molecule has 2 rings (SSSR count). The topological polar surface area (TPSA) is 37.3 Å². The molecule has 1 N–H and O–H groups in total. The van der Waals surface area contributed by atoms with E-state index in [1.807, 2.05) is 73.3 Å². The van der Waals surface area contributed by atoms with Crippen molar-refractivity contribution in [2.24, 2.45) is 7.05 Å². The molecule has 1 aromatic heterocycles. The number of aromatic nitrogens is 1. The Balaban J connectivity index is 1.96. The maximum atomic E-state index is 12.0. The summed E-state index contributed by atoms with van der Waals surface area (Å²) in [6.45, 7) is 0.551. The van der Waals surface area contributed by atoms with E-state index in [0.717, 1.165) is 11.3 Å². The Morgan fingerprint density at radius 1 is 1.21 bits per heavy atom. The van der Waals surface area contributed by atoms with Crippen molar-refractivity contribution in [3.63, 3.8) is 0 Å². The van der Waals surface area contributed by atoms with Gasteiger partial charge in [0, 0.05) is 51.3 Å². The highest BCUT2D eigenvalue weighted by atomic mass is 16.1. The summed E-state index contributed by atoms with van der Waals surface area (Å²) in [6, 6.07) is 9.57. The number of nitrogens with one attached hydrogen (secondary N) is 1. The largest absolute Gasteiger partial charge is 0.378 e. The molecule has 0 atom stereocenters. The van der Waals surface area contributed by atoms with Crippen LogP contribution in [0.25, 0.3) is 0 Å². The number of nitrogens with zero attached hydrogens (tertiary/aromatic N) is 2. The lowest BCUT2D eigenvalue weighted by Gasteiger charge is -2.12. The molecule has 19 heavy (non-hydrogen) atoms. The van der Waals surface area contributed by atoms with E-state index in [2.05, 4.69) is 5.32 Å². The van der Waals surface area contributed by atoms with Crippen LogP contribution < -0.4 is 10.2 Å². The zero-order valence-corrected chi connectivity index (χ0v) is 11.6. The lowest BCUT2D eigenvalue weighted by Crippen LogP contribution is -2.22. The molecule has 0 aliphatic heterocycles. The number of amides is 1. The standard InChI is InChI=1S/C15H19N3O/c1-17(2)14-6-4-13(5-7-14)15(19)16-10-12-8-9-18(3)11-12/h4-9,11H,10H2,1-3H3,(H,16,19). The van der Waals surface area contributed by atoms with Crippen molar-refractivity contribution in [3.05, 3.63) is 53.9 Å². The third-order valence-electron chi connectivity index (χ3n) is 2.99. The first-order valence-electron chi connectivity index (χ1n) is 6.22. The van der Waals surface area contributed by atoms with Crippen molar-refractivity contribution >= 4 is 11.6 Å². The number of hydrogen-bond donors (Lipinski definition) is 1. The fraction of sp³-hybridized carbons (Fsp3) is 0.267. The monoisotopic (exact) mass is 257 g/mol. The smallest absolute Gasteiger partial charge is 0.251 e. The molecule has 4 nitrogen and oxygen atoms in total. The zero-order valence-electron chi connectivity index (χ0n) is 11.6. The van der Waals surface area contributed by atoms with E-state index < -0.39 is 0 Å². The number of anilines is 1. The second-order valence-corrected chi connectivity index (χ2v) is 4.81. The molecule has 0 saturated carbocycles. The van der Waals surface area contributed by atoms with Gasteiger partial charge in [0.1, 0.15) is 0 Å². The van der Waals surface area contributed by atoms with Crippen molar-refractivity contribution < 1.29 is 4.79 Å². The SMILES string of the molecule is CN(C)c1ccc(C(=O)NCc2ccn(C)c2)cc1. The molecular weight excluding hydrogens is 238 g/mol. The van der Waals surface area contributed by atoms with Crippen LogP contribution in [0.1, 0.15) is 15.9 Å². The lowest BCUT2D eigenvalue weighted by molar-refractivity contribution is 0.0951. The van der Waals surface area contributed by atoms with Crippen molar-refractivity contribution in [1.29, 1.82) is 0 Å². The van der Waals surface area contributed by atoms with Gasteiger partial charge in [-0.15, -0.1) is 0 Å². The zero-order chi connectivity index (χ0) is 13.8. The number of aryl methyl sites for hydroxylation is 1. The molecule has 1 aromatic carbocycles. The first-order valence-corrected chi connectivity index (χ1v) is 6.22. The van der Waals surface area contributed by atoms with Crippen LogP contribution >= 0.6 is 0 Å². The molecule has 0 fully saturated rings. The average Bonchev–Trinajstić information content (AvgIpc) is 2.82. The summed E-state index contributed by atoms with van der Waals surface area (Å²) in [6.07, 6.45) is 3.96. The molecule has 0 unspecified atom stereocenters. The molecule has 1 amide bonds. The predicted octanol–water partition coefficient (Wildman–Crippen LogP) is 2.02. The molecule has 0 aliphatic carbocycles. The third-order valence-corrected chi connectivity index (χ3v) is 2.99. The number of rotatable bonds is 4. The van der Waals surface area contributed by atoms with Gasteiger partial charge in [0.2, 0.25) is 0 Å². The minimum Gasteiger partial charge on any atom is -0.378 e. The van der Waals surface area contributed by atoms with Gasteiger partial charge in [0.15, 0.2) is 0 Å². The van der Waals surface area contributed by atoms with Crippen molar-refractivity contribution in [2.45, 2.75) is 6.54 Å². The van der Waals surface area contributed by atoms with Gasteiger partial charge >= 0.3 is 0 Å². The van der Waals surface area contributed by atoms with Crippen LogP contribution in [-0.2, 0) is 13.6 Å². The minimum absolute atomic E-state index is 0.0471. The van der Waals surface area contributed by atoms with E-state index in [-0.39, 0.29) is 5.91 Å². The Morgan fingerprint density at radius 3 is 2.42 bits per heavy atom. The van der Waals surface area contributed by atoms with Gasteiger partial charge in [0.05, 0.1) is 0 Å². The molecule has 0 bridgehead atoms. The summed E-state index contributed by atoms with van der Waals surface area (Å²) in [5.41, 5.74) is 2.86. The second kappa shape index (κ2) is 5.61. The third kappa shape index (κ3) is 3.37. The number of benzene rings is 1. The van der Waals surface area contributed by atoms with E-state index in [0.29, 0.717) is 12.1 Å². The number of carbonyl (C=O) groups is 1. The summed E-state index contributed by atoms with van der Waals surface area (Å²) in [5.74, 6) is -0.0471. The van der Waals surface area contributed by atoms with Crippen molar-refractivity contribution in [2.75, 3.05) is 19.0 Å². The molecule has 1 heterocycles. The maximum Gasteiger partial charge on any atom is 0.251 e. The number of carbonyl (C=O) groups excluding carboxylic acids is 1. The Hall–Kier alpha value is -2.23. The average molecular weight is 257 g/mol. The van der Waals surface area contributed by atoms with Crippen LogP contribution in [0, 0.1) is 0 Å². The van der Waals surface area contributed by atoms with Gasteiger partial charge in [-0.2, -0.15) is 0 Å². The predicted molar refractivity (Wildman–Crippen MR) is 77.4 cm³/mol. The van der Waals surface area contributed by atoms with Gasteiger partial charge in [-0.1, -0.05) is 0 Å². The van der Waals surface area contributed by atoms with Crippen LogP contribution in [0.4, 0.5) is 5.69 Å². The highest BCUT2D eigenvalue weighted by molar-refractivity contribution is 5.94. The Morgan fingerprint density at radius 2 is 1.89 bits per heavy atom. The molecule has 100 valence electrons. The summed E-state index contributed by atoms with van der Waals surface area (Å²) in [4.78, 5) is 14.0. The van der Waals surface area contributed by atoms with E-state index >= 15 is 0 Å². The fourth-order valence-electron chi connectivity index (χ4n) is 1.86. The molecule has 2 aromatic rings. The highest BCUT2D eigenvalue weighted by Gasteiger charge is 2.05. The molecule has 0 saturated heterocycles. The van der Waals surface area contributed by atoms with Crippen molar-refractivity contribution in [3.8, 4) is 0 Å². The minimum atomic E-state index is -0.0471. The van der Waals surface area contributed by atoms with Gasteiger partial charge in [-0.05, 0) is 35.9 Å². The molecule has 0 aliphatic rings. The summed E-state index contributed by atoms with van der Waals surface area (Å²) in [7, 11) is 5.92. The van der Waals surface area contributed by atoms with Crippen LogP contribution in [0.3, 0.4) is 0 Å². The number of hydrogen-bond acceptors (Lipinski definition) is 2. The van der Waals surface area contributed by atoms with Crippen molar-refractivity contribution in [1.82, 2.24) is 9.88 Å². The quantitative estimate of drug-likeness (QED) is 0.910. The highest BCUT2D eigenvalue weighted by Crippen LogP contribution is 2.12. The van der Waals surface area contributed by atoms with Gasteiger partial charge in [-0.25, -0.2) is 0 Å². The summed E-state index contributed by atoms with van der Waals surface area (Å²) >= 11 is 0. The maximum absolute atomic E-state index is 12.0. The fourth-order valence-corrected chi connectivity index (χ4v) is 1.86. The summed E-state index contributed by atoms with van der Waals surface area (Å²) in [5, 5.41) is 2.91. The molecular formula is C15H19N3O.